The van der Waals surface area contributed by atoms with Gasteiger partial charge in [-0.1, -0.05) is 12.1 Å². The van der Waals surface area contributed by atoms with Gasteiger partial charge in [-0.05, 0) is 38.3 Å². The minimum atomic E-state index is -0.678. The summed E-state index contributed by atoms with van der Waals surface area (Å²) in [6, 6.07) is 3.54. The van der Waals surface area contributed by atoms with Crippen LogP contribution in [0.5, 0.6) is 0 Å². The first-order valence-corrected chi connectivity index (χ1v) is 7.95. The Morgan fingerprint density at radius 3 is 1.92 bits per heavy atom. The summed E-state index contributed by atoms with van der Waals surface area (Å²) in [6.45, 7) is 6.81. The van der Waals surface area contributed by atoms with Crippen molar-refractivity contribution < 1.29 is 28.5 Å². The molecule has 6 nitrogen and oxygen atoms in total. The maximum atomic E-state index is 12.7. The fourth-order valence-corrected chi connectivity index (χ4v) is 2.45. The fraction of sp³-hybridized carbons (Fsp3) is 0.556. The molecule has 2 aliphatic heterocycles. The van der Waals surface area contributed by atoms with Crippen molar-refractivity contribution in [3.05, 3.63) is 34.4 Å². The van der Waals surface area contributed by atoms with Gasteiger partial charge in [-0.15, -0.1) is 0 Å². The number of benzene rings is 1. The maximum Gasteiger partial charge on any atom is 0.339 e. The number of ether oxygens (including phenoxy) is 4. The van der Waals surface area contributed by atoms with Crippen LogP contribution in [0.15, 0.2) is 12.1 Å². The molecule has 0 radical (unpaired) electrons. The number of hydrogen-bond acceptors (Lipinski definition) is 6. The van der Waals surface area contributed by atoms with Crippen molar-refractivity contribution >= 4 is 11.9 Å². The van der Waals surface area contributed by atoms with E-state index >= 15 is 0 Å². The lowest BCUT2D eigenvalue weighted by Crippen LogP contribution is -2.27. The first kappa shape index (κ1) is 18.4. The first-order valence-electron chi connectivity index (χ1n) is 7.95. The van der Waals surface area contributed by atoms with Crippen LogP contribution < -0.4 is 0 Å². The molecule has 0 saturated carbocycles. The molecule has 1 aromatic carbocycles. The summed E-state index contributed by atoms with van der Waals surface area (Å²) in [6.07, 6.45) is 0.746. The van der Waals surface area contributed by atoms with Gasteiger partial charge in [0, 0.05) is 13.2 Å². The highest BCUT2D eigenvalue weighted by molar-refractivity contribution is 6.05. The van der Waals surface area contributed by atoms with Gasteiger partial charge in [0.15, 0.2) is 0 Å². The Balaban J connectivity index is 2.57. The summed E-state index contributed by atoms with van der Waals surface area (Å²) in [5, 5.41) is 0. The molecular formula is C18H24O6. The highest BCUT2D eigenvalue weighted by Gasteiger charge is 2.29. The van der Waals surface area contributed by atoms with E-state index in [1.807, 2.05) is 0 Å². The lowest BCUT2D eigenvalue weighted by molar-refractivity contribution is 0.00600. The third-order valence-electron chi connectivity index (χ3n) is 3.46. The highest BCUT2D eigenvalue weighted by atomic mass is 16.6. The van der Waals surface area contributed by atoms with Crippen molar-refractivity contribution in [2.24, 2.45) is 0 Å². The lowest BCUT2D eigenvalue weighted by atomic mass is 9.96. The van der Waals surface area contributed by atoms with Crippen LogP contribution in [0.1, 0.15) is 59.0 Å². The number of rotatable bonds is 2. The Labute approximate surface area is 142 Å². The molecule has 0 saturated heterocycles. The largest absolute Gasteiger partial charge is 0.465 e. The molecular weight excluding hydrogens is 312 g/mol. The number of esters is 2. The number of fused-ring (bicyclic) bond motifs is 8. The first-order chi connectivity index (χ1) is 11.3. The second-order valence-electron chi connectivity index (χ2n) is 6.59. The Morgan fingerprint density at radius 1 is 0.958 bits per heavy atom. The predicted molar refractivity (Wildman–Crippen MR) is 86.9 cm³/mol. The van der Waals surface area contributed by atoms with Crippen LogP contribution in [0.4, 0.5) is 0 Å². The van der Waals surface area contributed by atoms with Gasteiger partial charge in [-0.3, -0.25) is 0 Å². The third-order valence-corrected chi connectivity index (χ3v) is 3.46. The average Bonchev–Trinajstić information content (AvgIpc) is 2.58. The maximum absolute atomic E-state index is 12.7. The van der Waals surface area contributed by atoms with Crippen LogP contribution in [0.2, 0.25) is 0 Å². The van der Waals surface area contributed by atoms with E-state index in [2.05, 4.69) is 0 Å². The van der Waals surface area contributed by atoms with Crippen molar-refractivity contribution in [1.82, 2.24) is 0 Å². The zero-order chi connectivity index (χ0) is 17.7. The van der Waals surface area contributed by atoms with E-state index in [0.717, 1.165) is 6.42 Å². The van der Waals surface area contributed by atoms with Crippen molar-refractivity contribution in [1.29, 1.82) is 0 Å². The molecule has 132 valence electrons. The molecule has 6 heteroatoms. The summed E-state index contributed by atoms with van der Waals surface area (Å²) in [5.41, 5.74) is 0.918. The summed E-state index contributed by atoms with van der Waals surface area (Å²) < 4.78 is 21.5. The van der Waals surface area contributed by atoms with Gasteiger partial charge >= 0.3 is 11.9 Å². The Bertz CT molecular complexity index is 615. The van der Waals surface area contributed by atoms with Crippen molar-refractivity contribution in [3.8, 4) is 0 Å². The molecule has 2 aliphatic rings. The smallest absolute Gasteiger partial charge is 0.339 e. The molecule has 0 aliphatic carbocycles. The van der Waals surface area contributed by atoms with E-state index in [4.69, 9.17) is 18.9 Å². The zero-order valence-corrected chi connectivity index (χ0v) is 14.6. The normalized spacial score (nSPS) is 15.5. The Hall–Kier alpha value is -1.92. The van der Waals surface area contributed by atoms with Gasteiger partial charge in [0.25, 0.3) is 0 Å². The summed E-state index contributed by atoms with van der Waals surface area (Å²) in [5.74, 6) is -1.15. The standard InChI is InChI=1S/C18H24O6/c1-18(2,3)24-17(20)15-13-7-6-12(14(15)16(19)21-4)10-22-8-5-9-23-11-13/h6-7H,5,8-11H2,1-4H3. The van der Waals surface area contributed by atoms with Gasteiger partial charge in [-0.25, -0.2) is 9.59 Å². The second kappa shape index (κ2) is 7.77. The minimum Gasteiger partial charge on any atom is -0.465 e. The summed E-state index contributed by atoms with van der Waals surface area (Å²) >= 11 is 0. The molecule has 3 rings (SSSR count). The molecule has 0 amide bonds. The van der Waals surface area contributed by atoms with E-state index < -0.39 is 17.5 Å². The molecule has 0 aromatic heterocycles. The van der Waals surface area contributed by atoms with Crippen LogP contribution in [-0.4, -0.2) is 37.9 Å². The van der Waals surface area contributed by atoms with Gasteiger partial charge in [-0.2, -0.15) is 0 Å². The number of carbonyl (C=O) groups is 2. The zero-order valence-electron chi connectivity index (χ0n) is 14.6. The van der Waals surface area contributed by atoms with Crippen molar-refractivity contribution in [2.75, 3.05) is 20.3 Å². The van der Waals surface area contributed by atoms with E-state index in [1.165, 1.54) is 7.11 Å². The van der Waals surface area contributed by atoms with Crippen LogP contribution in [0, 0.1) is 0 Å². The molecule has 1 aromatic rings. The minimum absolute atomic E-state index is 0.190. The van der Waals surface area contributed by atoms with Gasteiger partial charge in [0.2, 0.25) is 0 Å². The Morgan fingerprint density at radius 2 is 1.46 bits per heavy atom. The molecule has 2 heterocycles. The number of hydrogen-bond donors (Lipinski definition) is 0. The Kier molecular flexibility index (Phi) is 5.96. The summed E-state index contributed by atoms with van der Waals surface area (Å²) in [4.78, 5) is 25.1. The predicted octanol–water partition coefficient (Wildman–Crippen LogP) is 2.87. The van der Waals surface area contributed by atoms with Crippen LogP contribution in [0.25, 0.3) is 0 Å². The average molecular weight is 336 g/mol. The van der Waals surface area contributed by atoms with Crippen LogP contribution in [-0.2, 0) is 32.2 Å². The van der Waals surface area contributed by atoms with E-state index in [1.54, 1.807) is 32.9 Å². The molecule has 0 spiro atoms. The van der Waals surface area contributed by atoms with Gasteiger partial charge in [0.05, 0.1) is 31.5 Å². The molecule has 0 unspecified atom stereocenters. The van der Waals surface area contributed by atoms with E-state index in [9.17, 15) is 9.59 Å². The van der Waals surface area contributed by atoms with Gasteiger partial charge < -0.3 is 18.9 Å². The van der Waals surface area contributed by atoms with Crippen molar-refractivity contribution in [2.45, 2.75) is 46.0 Å². The SMILES string of the molecule is COC(=O)c1c2ccc(c1C(=O)OC(C)(C)C)COCCCOC2. The quantitative estimate of drug-likeness (QED) is 0.774. The summed E-state index contributed by atoms with van der Waals surface area (Å²) in [7, 11) is 1.28. The molecule has 0 N–H and O–H groups in total. The van der Waals surface area contributed by atoms with Crippen LogP contribution >= 0.6 is 0 Å². The molecule has 0 fully saturated rings. The molecule has 2 bridgehead atoms. The van der Waals surface area contributed by atoms with Gasteiger partial charge in [0.1, 0.15) is 5.60 Å². The number of carbonyl (C=O) groups excluding carboxylic acids is 2. The second-order valence-corrected chi connectivity index (χ2v) is 6.59. The third kappa shape index (κ3) is 4.55. The van der Waals surface area contributed by atoms with Crippen LogP contribution in [0.3, 0.4) is 0 Å². The highest BCUT2D eigenvalue weighted by Crippen LogP contribution is 2.26. The van der Waals surface area contributed by atoms with E-state index in [0.29, 0.717) is 24.3 Å². The molecule has 24 heavy (non-hydrogen) atoms. The monoisotopic (exact) mass is 336 g/mol. The number of methoxy groups -OCH3 is 1. The van der Waals surface area contributed by atoms with E-state index in [-0.39, 0.29) is 24.3 Å². The fourth-order valence-electron chi connectivity index (χ4n) is 2.45. The van der Waals surface area contributed by atoms with Crippen molar-refractivity contribution in [3.63, 3.8) is 0 Å². The lowest BCUT2D eigenvalue weighted by Gasteiger charge is -2.22. The molecule has 0 atom stereocenters. The topological polar surface area (TPSA) is 71.1 Å².